The number of hydrogen-bond acceptors (Lipinski definition) is 3. The highest BCUT2D eigenvalue weighted by Crippen LogP contribution is 2.35. The number of para-hydroxylation sites is 2. The molecule has 0 bridgehead atoms. The summed E-state index contributed by atoms with van der Waals surface area (Å²) in [4.78, 5) is 16.2. The summed E-state index contributed by atoms with van der Waals surface area (Å²) in [6.45, 7) is 4.09. The number of fused-ring (bicyclic) bond motifs is 1. The second kappa shape index (κ2) is 9.54. The van der Waals surface area contributed by atoms with E-state index >= 15 is 0 Å². The van der Waals surface area contributed by atoms with Gasteiger partial charge in [-0.25, -0.2) is 0 Å². The number of rotatable bonds is 5. The molecule has 1 aliphatic heterocycles. The maximum atomic E-state index is 13.2. The van der Waals surface area contributed by atoms with Crippen LogP contribution in [0.5, 0.6) is 0 Å². The molecule has 0 saturated heterocycles. The molecule has 0 fully saturated rings. The summed E-state index contributed by atoms with van der Waals surface area (Å²) in [6, 6.07) is 26.2. The number of thiocarbonyl (C=S) groups is 1. The predicted octanol–water partition coefficient (Wildman–Crippen LogP) is 5.95. The highest BCUT2D eigenvalue weighted by atomic mass is 32.2. The molecule has 1 heterocycles. The number of benzene rings is 3. The molecule has 2 atom stereocenters. The molecular formula is C25H25N3OS2. The fraction of sp³-hybridized carbons (Fsp3) is 0.200. The molecule has 0 spiro atoms. The summed E-state index contributed by atoms with van der Waals surface area (Å²) in [5.74, 6) is 0.151. The first-order valence-electron chi connectivity index (χ1n) is 10.3. The van der Waals surface area contributed by atoms with Gasteiger partial charge in [-0.2, -0.15) is 0 Å². The van der Waals surface area contributed by atoms with E-state index in [1.54, 1.807) is 11.8 Å². The Morgan fingerprint density at radius 2 is 1.58 bits per heavy atom. The lowest BCUT2D eigenvalue weighted by molar-refractivity contribution is -0.118. The minimum absolute atomic E-state index is 0.151. The van der Waals surface area contributed by atoms with Crippen LogP contribution in [0.4, 0.5) is 17.1 Å². The number of nitrogens with zero attached hydrogens (tertiary/aromatic N) is 1. The van der Waals surface area contributed by atoms with Crippen LogP contribution in [0.3, 0.4) is 0 Å². The van der Waals surface area contributed by atoms with Crippen LogP contribution in [-0.2, 0) is 11.2 Å². The van der Waals surface area contributed by atoms with Crippen LogP contribution in [0.1, 0.15) is 19.4 Å². The molecule has 0 radical (unpaired) electrons. The van der Waals surface area contributed by atoms with Gasteiger partial charge < -0.3 is 15.5 Å². The average Bonchev–Trinajstić information content (AvgIpc) is 3.10. The lowest BCUT2D eigenvalue weighted by Crippen LogP contribution is -2.40. The van der Waals surface area contributed by atoms with Gasteiger partial charge in [0.25, 0.3) is 0 Å². The van der Waals surface area contributed by atoms with E-state index in [4.69, 9.17) is 12.2 Å². The second-order valence-electron chi connectivity index (χ2n) is 7.62. The number of carbonyl (C=O) groups excluding carboxylic acids is 1. The lowest BCUT2D eigenvalue weighted by atomic mass is 10.1. The molecule has 158 valence electrons. The minimum atomic E-state index is -0.173. The van der Waals surface area contributed by atoms with Crippen LogP contribution in [0.2, 0.25) is 0 Å². The van der Waals surface area contributed by atoms with Crippen molar-refractivity contribution < 1.29 is 4.79 Å². The largest absolute Gasteiger partial charge is 0.332 e. The van der Waals surface area contributed by atoms with E-state index in [9.17, 15) is 4.79 Å². The zero-order valence-electron chi connectivity index (χ0n) is 17.5. The van der Waals surface area contributed by atoms with Crippen LogP contribution in [-0.4, -0.2) is 22.3 Å². The molecular weight excluding hydrogens is 422 g/mol. The topological polar surface area (TPSA) is 44.4 Å². The van der Waals surface area contributed by atoms with Gasteiger partial charge in [-0.3, -0.25) is 4.79 Å². The van der Waals surface area contributed by atoms with Crippen molar-refractivity contribution in [2.75, 3.05) is 15.5 Å². The lowest BCUT2D eigenvalue weighted by Gasteiger charge is -2.26. The molecule has 0 saturated carbocycles. The highest BCUT2D eigenvalue weighted by Gasteiger charge is 2.33. The fourth-order valence-electron chi connectivity index (χ4n) is 3.78. The van der Waals surface area contributed by atoms with Crippen molar-refractivity contribution in [1.82, 2.24) is 0 Å². The van der Waals surface area contributed by atoms with Gasteiger partial charge in [0.15, 0.2) is 5.11 Å². The second-order valence-corrected chi connectivity index (χ2v) is 9.44. The molecule has 4 nitrogen and oxygen atoms in total. The fourth-order valence-corrected chi connectivity index (χ4v) is 4.94. The average molecular weight is 448 g/mol. The van der Waals surface area contributed by atoms with Gasteiger partial charge in [-0.05, 0) is 80.5 Å². The summed E-state index contributed by atoms with van der Waals surface area (Å²) in [5, 5.41) is 6.72. The number of hydrogen-bond donors (Lipinski definition) is 2. The maximum Gasteiger partial charge on any atom is 0.240 e. The molecule has 6 heteroatoms. The van der Waals surface area contributed by atoms with Gasteiger partial charge in [0.05, 0.1) is 5.25 Å². The molecule has 4 rings (SSSR count). The summed E-state index contributed by atoms with van der Waals surface area (Å²) in [6.07, 6.45) is 0.913. The van der Waals surface area contributed by atoms with E-state index < -0.39 is 0 Å². The predicted molar refractivity (Wildman–Crippen MR) is 135 cm³/mol. The van der Waals surface area contributed by atoms with Crippen molar-refractivity contribution in [2.45, 2.75) is 36.5 Å². The summed E-state index contributed by atoms with van der Waals surface area (Å²) >= 11 is 6.96. The third-order valence-corrected chi connectivity index (χ3v) is 6.55. The number of carbonyl (C=O) groups is 1. The Hall–Kier alpha value is -2.83. The van der Waals surface area contributed by atoms with Crippen LogP contribution >= 0.6 is 24.0 Å². The van der Waals surface area contributed by atoms with E-state index in [2.05, 4.69) is 23.6 Å². The molecule has 3 aromatic carbocycles. The van der Waals surface area contributed by atoms with Crippen molar-refractivity contribution in [3.8, 4) is 0 Å². The Kier molecular flexibility index (Phi) is 6.59. The molecule has 0 aromatic heterocycles. The zero-order chi connectivity index (χ0) is 21.8. The molecule has 31 heavy (non-hydrogen) atoms. The van der Waals surface area contributed by atoms with Crippen molar-refractivity contribution in [3.63, 3.8) is 0 Å². The zero-order valence-corrected chi connectivity index (χ0v) is 19.2. The van der Waals surface area contributed by atoms with Crippen molar-refractivity contribution in [2.24, 2.45) is 0 Å². The standard InChI is InChI=1S/C25H25N3OS2/c1-17-16-19-8-6-7-11-23(19)28(17)24(29)18(2)31-22-14-12-21(13-15-22)27-25(30)26-20-9-4-3-5-10-20/h3-15,17-18H,16H2,1-2H3,(H2,26,27,30)/t17-,18+/m0/s1. The molecule has 1 amide bonds. The third kappa shape index (κ3) is 5.09. The minimum Gasteiger partial charge on any atom is -0.332 e. The molecule has 1 aliphatic rings. The van der Waals surface area contributed by atoms with Crippen LogP contribution < -0.4 is 15.5 Å². The van der Waals surface area contributed by atoms with Gasteiger partial charge in [-0.1, -0.05) is 36.4 Å². The normalized spacial score (nSPS) is 15.8. The maximum absolute atomic E-state index is 13.2. The van der Waals surface area contributed by atoms with E-state index in [1.165, 1.54) is 5.56 Å². The van der Waals surface area contributed by atoms with Gasteiger partial charge >= 0.3 is 0 Å². The quantitative estimate of drug-likeness (QED) is 0.374. The highest BCUT2D eigenvalue weighted by molar-refractivity contribution is 8.00. The molecule has 2 N–H and O–H groups in total. The van der Waals surface area contributed by atoms with Gasteiger partial charge in [0.1, 0.15) is 0 Å². The van der Waals surface area contributed by atoms with E-state index in [1.807, 2.05) is 84.6 Å². The Morgan fingerprint density at radius 3 is 2.29 bits per heavy atom. The summed E-state index contributed by atoms with van der Waals surface area (Å²) in [7, 11) is 0. The number of anilines is 3. The Balaban J connectivity index is 1.35. The van der Waals surface area contributed by atoms with Crippen molar-refractivity contribution in [3.05, 3.63) is 84.4 Å². The molecule has 0 unspecified atom stereocenters. The number of thioether (sulfide) groups is 1. The van der Waals surface area contributed by atoms with E-state index in [0.717, 1.165) is 28.4 Å². The number of nitrogens with one attached hydrogen (secondary N) is 2. The van der Waals surface area contributed by atoms with E-state index in [0.29, 0.717) is 5.11 Å². The van der Waals surface area contributed by atoms with E-state index in [-0.39, 0.29) is 17.2 Å². The smallest absolute Gasteiger partial charge is 0.240 e. The Bertz CT molecular complexity index is 1070. The SMILES string of the molecule is C[C@@H](Sc1ccc(NC(=S)Nc2ccccc2)cc1)C(=O)N1c2ccccc2C[C@@H]1C. The van der Waals surface area contributed by atoms with Crippen molar-refractivity contribution in [1.29, 1.82) is 0 Å². The summed E-state index contributed by atoms with van der Waals surface area (Å²) < 4.78 is 0. The van der Waals surface area contributed by atoms with Crippen LogP contribution in [0.25, 0.3) is 0 Å². The van der Waals surface area contributed by atoms with Crippen molar-refractivity contribution >= 4 is 52.1 Å². The monoisotopic (exact) mass is 447 g/mol. The molecule has 3 aromatic rings. The van der Waals surface area contributed by atoms with Gasteiger partial charge in [0, 0.05) is 28.0 Å². The van der Waals surface area contributed by atoms with Gasteiger partial charge in [0.2, 0.25) is 5.91 Å². The Morgan fingerprint density at radius 1 is 0.968 bits per heavy atom. The number of amides is 1. The molecule has 0 aliphatic carbocycles. The van der Waals surface area contributed by atoms with Crippen LogP contribution in [0, 0.1) is 0 Å². The third-order valence-electron chi connectivity index (χ3n) is 5.25. The van der Waals surface area contributed by atoms with Crippen LogP contribution in [0.15, 0.2) is 83.8 Å². The first-order chi connectivity index (χ1) is 15.0. The Labute approximate surface area is 193 Å². The first kappa shape index (κ1) is 21.4. The first-order valence-corrected chi connectivity index (χ1v) is 11.6. The van der Waals surface area contributed by atoms with Gasteiger partial charge in [-0.15, -0.1) is 11.8 Å². The summed E-state index contributed by atoms with van der Waals surface area (Å²) in [5.41, 5.74) is 4.14.